The minimum atomic E-state index is -1.14. The number of carbonyl (C=O) groups excluding carboxylic acids is 1. The number of halogens is 1. The number of methoxy groups -OCH3 is 1. The van der Waals surface area contributed by atoms with Gasteiger partial charge in [0.05, 0.1) is 24.2 Å². The molecule has 7 heteroatoms. The van der Waals surface area contributed by atoms with Crippen LogP contribution in [-0.2, 0) is 4.74 Å². The lowest BCUT2D eigenvalue weighted by atomic mass is 10.2. The highest BCUT2D eigenvalue weighted by Crippen LogP contribution is 2.31. The summed E-state index contributed by atoms with van der Waals surface area (Å²) in [6.07, 6.45) is 0. The zero-order chi connectivity index (χ0) is 13.0. The molecule has 0 spiro atoms. The zero-order valence-corrected chi connectivity index (χ0v) is 9.23. The van der Waals surface area contributed by atoms with E-state index in [9.17, 15) is 19.3 Å². The molecule has 0 aliphatic rings. The first-order valence-electron chi connectivity index (χ1n) is 4.70. The summed E-state index contributed by atoms with van der Waals surface area (Å²) in [4.78, 5) is 20.9. The molecule has 0 radical (unpaired) electrons. The molecule has 6 nitrogen and oxygen atoms in total. The maximum atomic E-state index is 13.5. The van der Waals surface area contributed by atoms with Gasteiger partial charge in [-0.3, -0.25) is 10.1 Å². The molecule has 0 saturated heterocycles. The average molecular weight is 243 g/mol. The van der Waals surface area contributed by atoms with E-state index in [1.165, 1.54) is 0 Å². The van der Waals surface area contributed by atoms with E-state index in [1.807, 2.05) is 0 Å². The van der Waals surface area contributed by atoms with E-state index in [0.717, 1.165) is 19.2 Å². The first kappa shape index (κ1) is 12.9. The van der Waals surface area contributed by atoms with Crippen LogP contribution in [0.5, 0.6) is 5.75 Å². The van der Waals surface area contributed by atoms with Crippen LogP contribution >= 0.6 is 0 Å². The molecule has 92 valence electrons. The molecule has 0 amide bonds. The molecule has 0 aliphatic carbocycles. The van der Waals surface area contributed by atoms with Crippen molar-refractivity contribution in [1.82, 2.24) is 0 Å². The standard InChI is InChI=1S/C10H10FNO5/c1-3-17-8-5-6(10(13)16-2)4-7(11)9(8)12(14)15/h4-5H,3H2,1-2H3. The maximum Gasteiger partial charge on any atom is 0.346 e. The number of nitrogens with zero attached hydrogens (tertiary/aromatic N) is 1. The van der Waals surface area contributed by atoms with Gasteiger partial charge >= 0.3 is 11.7 Å². The number of hydrogen-bond donors (Lipinski definition) is 0. The lowest BCUT2D eigenvalue weighted by Gasteiger charge is -2.06. The van der Waals surface area contributed by atoms with E-state index in [0.29, 0.717) is 0 Å². The third-order valence-corrected chi connectivity index (χ3v) is 1.93. The topological polar surface area (TPSA) is 78.7 Å². The summed E-state index contributed by atoms with van der Waals surface area (Å²) in [5, 5.41) is 10.6. The van der Waals surface area contributed by atoms with E-state index in [1.54, 1.807) is 6.92 Å². The van der Waals surface area contributed by atoms with Crippen molar-refractivity contribution in [1.29, 1.82) is 0 Å². The molecular weight excluding hydrogens is 233 g/mol. The van der Waals surface area contributed by atoms with Crippen molar-refractivity contribution in [3.8, 4) is 5.75 Å². The molecule has 1 aromatic carbocycles. The zero-order valence-electron chi connectivity index (χ0n) is 9.23. The van der Waals surface area contributed by atoms with Gasteiger partial charge in [0, 0.05) is 6.07 Å². The Bertz CT molecular complexity index is 460. The summed E-state index contributed by atoms with van der Waals surface area (Å²) in [6.45, 7) is 1.71. The Balaban J connectivity index is 3.35. The normalized spacial score (nSPS) is 9.82. The van der Waals surface area contributed by atoms with Crippen molar-refractivity contribution in [2.45, 2.75) is 6.92 Å². The number of esters is 1. The Morgan fingerprint density at radius 3 is 2.65 bits per heavy atom. The molecule has 17 heavy (non-hydrogen) atoms. The Kier molecular flexibility index (Phi) is 3.97. The SMILES string of the molecule is CCOc1cc(C(=O)OC)cc(F)c1[N+](=O)[O-]. The number of nitro groups is 1. The smallest absolute Gasteiger partial charge is 0.346 e. The van der Waals surface area contributed by atoms with Crippen molar-refractivity contribution in [3.63, 3.8) is 0 Å². The highest BCUT2D eigenvalue weighted by molar-refractivity contribution is 5.90. The third kappa shape index (κ3) is 2.68. The minimum absolute atomic E-state index is 0.116. The molecule has 0 heterocycles. The van der Waals surface area contributed by atoms with E-state index >= 15 is 0 Å². The van der Waals surface area contributed by atoms with E-state index in [-0.39, 0.29) is 17.9 Å². The average Bonchev–Trinajstić information content (AvgIpc) is 2.27. The summed E-state index contributed by atoms with van der Waals surface area (Å²) in [5.74, 6) is -2.22. The Labute approximate surface area is 96.1 Å². The van der Waals surface area contributed by atoms with Crippen molar-refractivity contribution in [2.24, 2.45) is 0 Å². The quantitative estimate of drug-likeness (QED) is 0.458. The second kappa shape index (κ2) is 5.24. The molecule has 0 aliphatic heterocycles. The molecule has 1 rings (SSSR count). The van der Waals surface area contributed by atoms with E-state index < -0.39 is 22.4 Å². The number of ether oxygens (including phenoxy) is 2. The second-order valence-corrected chi connectivity index (χ2v) is 2.99. The lowest BCUT2D eigenvalue weighted by molar-refractivity contribution is -0.388. The molecule has 1 aromatic rings. The van der Waals surface area contributed by atoms with Gasteiger partial charge in [-0.15, -0.1) is 0 Å². The number of hydrogen-bond acceptors (Lipinski definition) is 5. The van der Waals surface area contributed by atoms with Gasteiger partial charge in [-0.1, -0.05) is 0 Å². The summed E-state index contributed by atoms with van der Waals surface area (Å²) in [7, 11) is 1.13. The number of carbonyl (C=O) groups is 1. The van der Waals surface area contributed by atoms with Crippen LogP contribution in [0.2, 0.25) is 0 Å². The minimum Gasteiger partial charge on any atom is -0.487 e. The van der Waals surface area contributed by atoms with Crippen molar-refractivity contribution in [2.75, 3.05) is 13.7 Å². The van der Waals surface area contributed by atoms with Gasteiger partial charge in [-0.25, -0.2) is 4.79 Å². The highest BCUT2D eigenvalue weighted by Gasteiger charge is 2.24. The molecular formula is C10H10FNO5. The van der Waals surface area contributed by atoms with Crippen LogP contribution < -0.4 is 4.74 Å². The van der Waals surface area contributed by atoms with Crippen LogP contribution in [-0.4, -0.2) is 24.6 Å². The van der Waals surface area contributed by atoms with Gasteiger partial charge in [-0.05, 0) is 13.0 Å². The van der Waals surface area contributed by atoms with Crippen LogP contribution in [0.3, 0.4) is 0 Å². The second-order valence-electron chi connectivity index (χ2n) is 2.99. The van der Waals surface area contributed by atoms with Gasteiger partial charge in [0.1, 0.15) is 0 Å². The molecule has 0 fully saturated rings. The van der Waals surface area contributed by atoms with E-state index in [2.05, 4.69) is 4.74 Å². The largest absolute Gasteiger partial charge is 0.487 e. The molecule has 0 N–H and O–H groups in total. The van der Waals surface area contributed by atoms with Gasteiger partial charge < -0.3 is 9.47 Å². The van der Waals surface area contributed by atoms with Crippen molar-refractivity contribution >= 4 is 11.7 Å². The summed E-state index contributed by atoms with van der Waals surface area (Å²) in [5.41, 5.74) is -0.932. The van der Waals surface area contributed by atoms with Gasteiger partial charge in [-0.2, -0.15) is 4.39 Å². The third-order valence-electron chi connectivity index (χ3n) is 1.93. The number of nitro benzene ring substituents is 1. The fraction of sp³-hybridized carbons (Fsp3) is 0.300. The van der Waals surface area contributed by atoms with Gasteiger partial charge in [0.25, 0.3) is 0 Å². The van der Waals surface area contributed by atoms with Crippen LogP contribution in [0.15, 0.2) is 12.1 Å². The Morgan fingerprint density at radius 2 is 2.18 bits per heavy atom. The van der Waals surface area contributed by atoms with Gasteiger partial charge in [0.15, 0.2) is 0 Å². The van der Waals surface area contributed by atoms with Crippen LogP contribution in [0.1, 0.15) is 17.3 Å². The van der Waals surface area contributed by atoms with Crippen molar-refractivity contribution < 1.29 is 23.6 Å². The predicted molar refractivity (Wildman–Crippen MR) is 55.6 cm³/mol. The lowest BCUT2D eigenvalue weighted by Crippen LogP contribution is -2.06. The first-order valence-corrected chi connectivity index (χ1v) is 4.70. The predicted octanol–water partition coefficient (Wildman–Crippen LogP) is 1.92. The van der Waals surface area contributed by atoms with Crippen LogP contribution in [0.25, 0.3) is 0 Å². The molecule has 0 saturated carbocycles. The maximum absolute atomic E-state index is 13.5. The van der Waals surface area contributed by atoms with Crippen molar-refractivity contribution in [3.05, 3.63) is 33.6 Å². The number of benzene rings is 1. The molecule has 0 unspecified atom stereocenters. The van der Waals surface area contributed by atoms with Crippen LogP contribution in [0, 0.1) is 15.9 Å². The molecule has 0 aromatic heterocycles. The monoisotopic (exact) mass is 243 g/mol. The fourth-order valence-corrected chi connectivity index (χ4v) is 1.25. The first-order chi connectivity index (χ1) is 8.01. The number of rotatable bonds is 4. The Hall–Kier alpha value is -2.18. The molecule has 0 bridgehead atoms. The van der Waals surface area contributed by atoms with E-state index in [4.69, 9.17) is 4.74 Å². The summed E-state index contributed by atoms with van der Waals surface area (Å²) >= 11 is 0. The summed E-state index contributed by atoms with van der Waals surface area (Å²) < 4.78 is 22.8. The summed E-state index contributed by atoms with van der Waals surface area (Å²) in [6, 6.07) is 1.82. The van der Waals surface area contributed by atoms with Crippen LogP contribution in [0.4, 0.5) is 10.1 Å². The Morgan fingerprint density at radius 1 is 1.53 bits per heavy atom. The fourth-order valence-electron chi connectivity index (χ4n) is 1.25. The van der Waals surface area contributed by atoms with Gasteiger partial charge in [0.2, 0.25) is 11.6 Å². The molecule has 0 atom stereocenters. The highest BCUT2D eigenvalue weighted by atomic mass is 19.1.